The van der Waals surface area contributed by atoms with E-state index in [1.165, 1.54) is 12.1 Å². The van der Waals surface area contributed by atoms with Crippen LogP contribution in [-0.2, 0) is 0 Å². The Morgan fingerprint density at radius 3 is 2.74 bits per heavy atom. The molecule has 0 bridgehead atoms. The smallest absolute Gasteiger partial charge is 0.225 e. The van der Waals surface area contributed by atoms with Crippen molar-refractivity contribution in [2.75, 3.05) is 11.4 Å². The summed E-state index contributed by atoms with van der Waals surface area (Å²) in [5, 5.41) is 10.4. The van der Waals surface area contributed by atoms with E-state index in [0.717, 1.165) is 42.2 Å². The third-order valence-electron chi connectivity index (χ3n) is 4.60. The fraction of sp³-hybridized carbons (Fsp3) is 0.444. The minimum Gasteiger partial charge on any atom is -0.388 e. The summed E-state index contributed by atoms with van der Waals surface area (Å²) in [5.74, 6) is 0.453. The van der Waals surface area contributed by atoms with Gasteiger partial charge in [-0.15, -0.1) is 0 Å². The van der Waals surface area contributed by atoms with Crippen LogP contribution >= 0.6 is 0 Å². The lowest BCUT2D eigenvalue weighted by atomic mass is 10.0. The van der Waals surface area contributed by atoms with E-state index >= 15 is 0 Å². The van der Waals surface area contributed by atoms with Gasteiger partial charge in [-0.1, -0.05) is 12.1 Å². The summed E-state index contributed by atoms with van der Waals surface area (Å²) in [6.07, 6.45) is 3.92. The number of benzene rings is 1. The van der Waals surface area contributed by atoms with E-state index in [0.29, 0.717) is 6.42 Å². The van der Waals surface area contributed by atoms with Crippen molar-refractivity contribution in [2.45, 2.75) is 45.3 Å². The minimum absolute atomic E-state index is 0.206. The lowest BCUT2D eigenvalue weighted by Gasteiger charge is -2.27. The molecule has 0 amide bonds. The highest BCUT2D eigenvalue weighted by Gasteiger charge is 2.29. The average Bonchev–Trinajstić information content (AvgIpc) is 2.99. The third-order valence-corrected chi connectivity index (χ3v) is 4.60. The van der Waals surface area contributed by atoms with Crippen LogP contribution in [0, 0.1) is 19.7 Å². The largest absolute Gasteiger partial charge is 0.388 e. The molecule has 1 aliphatic heterocycles. The van der Waals surface area contributed by atoms with E-state index in [4.69, 9.17) is 0 Å². The molecule has 0 spiro atoms. The van der Waals surface area contributed by atoms with Crippen molar-refractivity contribution in [3.8, 4) is 0 Å². The maximum atomic E-state index is 13.0. The second-order valence-corrected chi connectivity index (χ2v) is 6.23. The first-order valence-electron chi connectivity index (χ1n) is 8.05. The number of aromatic nitrogens is 2. The molecule has 1 fully saturated rings. The van der Waals surface area contributed by atoms with Gasteiger partial charge in [0, 0.05) is 24.5 Å². The lowest BCUT2D eigenvalue weighted by molar-refractivity contribution is 0.158. The molecule has 0 radical (unpaired) electrons. The number of anilines is 1. The number of rotatable bonds is 4. The zero-order valence-corrected chi connectivity index (χ0v) is 13.5. The first-order valence-corrected chi connectivity index (χ1v) is 8.05. The highest BCUT2D eigenvalue weighted by atomic mass is 19.1. The second kappa shape index (κ2) is 6.62. The Morgan fingerprint density at radius 2 is 2.04 bits per heavy atom. The molecular weight excluding hydrogens is 293 g/mol. The van der Waals surface area contributed by atoms with Crippen LogP contribution in [0.4, 0.5) is 10.3 Å². The Labute approximate surface area is 136 Å². The molecule has 2 atom stereocenters. The molecule has 1 aliphatic rings. The van der Waals surface area contributed by atoms with Gasteiger partial charge in [0.25, 0.3) is 0 Å². The van der Waals surface area contributed by atoms with Crippen LogP contribution < -0.4 is 4.90 Å². The first kappa shape index (κ1) is 15.9. The van der Waals surface area contributed by atoms with Gasteiger partial charge < -0.3 is 10.0 Å². The first-order chi connectivity index (χ1) is 11.0. The summed E-state index contributed by atoms with van der Waals surface area (Å²) in [7, 11) is 0. The van der Waals surface area contributed by atoms with E-state index < -0.39 is 6.10 Å². The van der Waals surface area contributed by atoms with Gasteiger partial charge >= 0.3 is 0 Å². The van der Waals surface area contributed by atoms with Crippen LogP contribution in [-0.4, -0.2) is 27.7 Å². The maximum absolute atomic E-state index is 13.0. The Balaban J connectivity index is 1.73. The van der Waals surface area contributed by atoms with Crippen LogP contribution in [0.2, 0.25) is 0 Å². The molecule has 1 aromatic carbocycles. The molecule has 2 aromatic rings. The standard InChI is InChI=1S/C18H22FN3O/c1-12-11-20-18(21-13(12)2)22-9-3-4-16(22)10-17(23)14-5-7-15(19)8-6-14/h5-8,11,16-17,23H,3-4,9-10H2,1-2H3/t16-,17-/m0/s1. The molecule has 122 valence electrons. The number of hydrogen-bond acceptors (Lipinski definition) is 4. The Bertz CT molecular complexity index is 674. The van der Waals surface area contributed by atoms with Crippen LogP contribution in [0.3, 0.4) is 0 Å². The number of aliphatic hydroxyl groups excluding tert-OH is 1. The van der Waals surface area contributed by atoms with Gasteiger partial charge in [0.2, 0.25) is 5.95 Å². The monoisotopic (exact) mass is 315 g/mol. The second-order valence-electron chi connectivity index (χ2n) is 6.23. The molecule has 23 heavy (non-hydrogen) atoms. The number of aliphatic hydroxyl groups is 1. The van der Waals surface area contributed by atoms with Crippen molar-refractivity contribution in [3.05, 3.63) is 53.1 Å². The summed E-state index contributed by atoms with van der Waals surface area (Å²) >= 11 is 0. The van der Waals surface area contributed by atoms with E-state index in [-0.39, 0.29) is 11.9 Å². The molecule has 1 N–H and O–H groups in total. The molecule has 2 heterocycles. The molecule has 0 unspecified atom stereocenters. The molecule has 1 saturated heterocycles. The maximum Gasteiger partial charge on any atom is 0.225 e. The van der Waals surface area contributed by atoms with Gasteiger partial charge in [-0.2, -0.15) is 0 Å². The minimum atomic E-state index is -0.604. The predicted octanol–water partition coefficient (Wildman–Crippen LogP) is 3.33. The molecule has 4 nitrogen and oxygen atoms in total. The highest BCUT2D eigenvalue weighted by Crippen LogP contribution is 2.30. The van der Waals surface area contributed by atoms with E-state index in [2.05, 4.69) is 14.9 Å². The SMILES string of the molecule is Cc1cnc(N2CCC[C@H]2C[C@H](O)c2ccc(F)cc2)nc1C. The molecule has 5 heteroatoms. The normalized spacial score (nSPS) is 19.1. The summed E-state index contributed by atoms with van der Waals surface area (Å²) < 4.78 is 13.0. The summed E-state index contributed by atoms with van der Waals surface area (Å²) in [6, 6.07) is 6.27. The van der Waals surface area contributed by atoms with Gasteiger partial charge in [-0.3, -0.25) is 0 Å². The molecule has 0 aliphatic carbocycles. The van der Waals surface area contributed by atoms with Crippen molar-refractivity contribution in [3.63, 3.8) is 0 Å². The number of aryl methyl sites for hydroxylation is 2. The van der Waals surface area contributed by atoms with Gasteiger partial charge in [-0.05, 0) is 56.4 Å². The van der Waals surface area contributed by atoms with Gasteiger partial charge in [0.15, 0.2) is 0 Å². The molecule has 1 aromatic heterocycles. The van der Waals surface area contributed by atoms with Gasteiger partial charge in [-0.25, -0.2) is 14.4 Å². The Hall–Kier alpha value is -2.01. The van der Waals surface area contributed by atoms with Crippen molar-refractivity contribution in [1.82, 2.24) is 9.97 Å². The quantitative estimate of drug-likeness (QED) is 0.940. The number of halogens is 1. The third kappa shape index (κ3) is 3.50. The topological polar surface area (TPSA) is 49.2 Å². The Kier molecular flexibility index (Phi) is 4.57. The van der Waals surface area contributed by atoms with Crippen LogP contribution in [0.25, 0.3) is 0 Å². The summed E-state index contributed by atoms with van der Waals surface area (Å²) in [5.41, 5.74) is 2.81. The van der Waals surface area contributed by atoms with E-state index in [1.807, 2.05) is 20.0 Å². The van der Waals surface area contributed by atoms with Crippen molar-refractivity contribution < 1.29 is 9.50 Å². The number of hydrogen-bond donors (Lipinski definition) is 1. The zero-order chi connectivity index (χ0) is 16.4. The molecule has 3 rings (SSSR count). The lowest BCUT2D eigenvalue weighted by Crippen LogP contribution is -2.32. The van der Waals surface area contributed by atoms with Gasteiger partial charge in [0.05, 0.1) is 6.10 Å². The summed E-state index contributed by atoms with van der Waals surface area (Å²) in [4.78, 5) is 11.2. The van der Waals surface area contributed by atoms with Crippen LogP contribution in [0.5, 0.6) is 0 Å². The fourth-order valence-electron chi connectivity index (χ4n) is 3.08. The summed E-state index contributed by atoms with van der Waals surface area (Å²) in [6.45, 7) is 4.89. The van der Waals surface area contributed by atoms with Crippen LogP contribution in [0.15, 0.2) is 30.5 Å². The highest BCUT2D eigenvalue weighted by molar-refractivity contribution is 5.36. The van der Waals surface area contributed by atoms with Crippen molar-refractivity contribution in [1.29, 1.82) is 0 Å². The van der Waals surface area contributed by atoms with Crippen molar-refractivity contribution >= 4 is 5.95 Å². The van der Waals surface area contributed by atoms with Gasteiger partial charge in [0.1, 0.15) is 5.82 Å². The molecular formula is C18H22FN3O. The number of nitrogens with zero attached hydrogens (tertiary/aromatic N) is 3. The van der Waals surface area contributed by atoms with Crippen LogP contribution in [0.1, 0.15) is 42.2 Å². The Morgan fingerprint density at radius 1 is 1.30 bits per heavy atom. The zero-order valence-electron chi connectivity index (χ0n) is 13.5. The van der Waals surface area contributed by atoms with E-state index in [9.17, 15) is 9.50 Å². The fourth-order valence-corrected chi connectivity index (χ4v) is 3.08. The average molecular weight is 315 g/mol. The molecule has 0 saturated carbocycles. The van der Waals surface area contributed by atoms with E-state index in [1.54, 1.807) is 12.1 Å². The predicted molar refractivity (Wildman–Crippen MR) is 87.9 cm³/mol. The van der Waals surface area contributed by atoms with Crippen molar-refractivity contribution in [2.24, 2.45) is 0 Å².